The molecule has 0 radical (unpaired) electrons. The average Bonchev–Trinajstić information content (AvgIpc) is 2.75. The van der Waals surface area contributed by atoms with Gasteiger partial charge in [-0.2, -0.15) is 0 Å². The highest BCUT2D eigenvalue weighted by atomic mass is 32.2. The van der Waals surface area contributed by atoms with Crippen molar-refractivity contribution in [2.45, 2.75) is 115 Å². The fourth-order valence-corrected chi connectivity index (χ4v) is 9.62. The second kappa shape index (κ2) is 20.7. The van der Waals surface area contributed by atoms with E-state index in [9.17, 15) is 4.79 Å². The lowest BCUT2D eigenvalue weighted by Crippen LogP contribution is -2.48. The molecule has 5 nitrogen and oxygen atoms in total. The van der Waals surface area contributed by atoms with E-state index in [0.29, 0.717) is 24.4 Å². The summed E-state index contributed by atoms with van der Waals surface area (Å²) in [5.74, 6) is 0.985. The number of ether oxygens (including phenoxy) is 1. The molecule has 0 spiro atoms. The number of hydrogen-bond acceptors (Lipinski definition) is 6. The summed E-state index contributed by atoms with van der Waals surface area (Å²) in [5.41, 5.74) is 0. The van der Waals surface area contributed by atoms with Gasteiger partial charge in [0, 0.05) is 24.8 Å². The van der Waals surface area contributed by atoms with Gasteiger partial charge in [0.15, 0.2) is 5.12 Å². The third-order valence-electron chi connectivity index (χ3n) is 6.45. The number of rotatable bonds is 18. The zero-order valence-corrected chi connectivity index (χ0v) is 22.0. The summed E-state index contributed by atoms with van der Waals surface area (Å²) in [7, 11) is -1.02. The minimum atomic E-state index is -1.02. The minimum absolute atomic E-state index is 0.187. The highest BCUT2D eigenvalue weighted by Crippen LogP contribution is 2.26. The molecule has 1 aliphatic rings. The van der Waals surface area contributed by atoms with Crippen molar-refractivity contribution in [3.8, 4) is 0 Å². The lowest BCUT2D eigenvalue weighted by atomic mass is 10.0. The molecule has 1 rings (SSSR count). The fourth-order valence-electron chi connectivity index (χ4n) is 4.67. The van der Waals surface area contributed by atoms with Crippen molar-refractivity contribution in [2.75, 3.05) is 32.3 Å². The van der Waals surface area contributed by atoms with Gasteiger partial charge in [-0.05, 0) is 57.2 Å². The summed E-state index contributed by atoms with van der Waals surface area (Å²) in [6.07, 6.45) is 16.0. The van der Waals surface area contributed by atoms with Gasteiger partial charge in [-0.1, -0.05) is 63.6 Å². The Morgan fingerprint density at radius 1 is 1.03 bits per heavy atom. The quantitative estimate of drug-likeness (QED) is 0.163. The molecule has 0 amide bonds. The van der Waals surface area contributed by atoms with Crippen molar-refractivity contribution >= 4 is 25.8 Å². The molecule has 0 aromatic carbocycles. The van der Waals surface area contributed by atoms with E-state index in [2.05, 4.69) is 11.5 Å². The van der Waals surface area contributed by atoms with Crippen molar-refractivity contribution in [3.63, 3.8) is 0 Å². The standard InChI is InChI=1S/C24H49NO4SSi/c1-2-3-14-24(28)30-19-12-21-31-20-11-7-5-9-16-25(31)23(15-18-29-22-27)13-8-4-6-10-17-26/h23,26-27,31H,2-22H2,1H3. The highest BCUT2D eigenvalue weighted by Gasteiger charge is 2.27. The maximum absolute atomic E-state index is 12.0. The number of aliphatic hydroxyl groups excluding tert-OH is 2. The summed E-state index contributed by atoms with van der Waals surface area (Å²) >= 11 is 1.56. The van der Waals surface area contributed by atoms with Gasteiger partial charge in [0.05, 0.1) is 6.61 Å². The number of hydrogen-bond donors (Lipinski definition) is 2. The number of thioether (sulfide) groups is 1. The zero-order valence-electron chi connectivity index (χ0n) is 20.1. The van der Waals surface area contributed by atoms with Gasteiger partial charge in [-0.15, -0.1) is 0 Å². The Labute approximate surface area is 197 Å². The normalized spacial score (nSPS) is 19.1. The molecular weight excluding hydrogens is 426 g/mol. The van der Waals surface area contributed by atoms with Gasteiger partial charge in [0.1, 0.15) is 15.8 Å². The smallest absolute Gasteiger partial charge is 0.188 e. The first kappa shape index (κ1) is 29.1. The Balaban J connectivity index is 2.60. The van der Waals surface area contributed by atoms with Gasteiger partial charge >= 0.3 is 0 Å². The van der Waals surface area contributed by atoms with Crippen LogP contribution in [0.2, 0.25) is 12.1 Å². The van der Waals surface area contributed by atoms with Crippen LogP contribution in [0.15, 0.2) is 0 Å². The third kappa shape index (κ3) is 14.8. The second-order valence-corrected chi connectivity index (χ2v) is 13.2. The van der Waals surface area contributed by atoms with E-state index in [1.54, 1.807) is 11.8 Å². The van der Waals surface area contributed by atoms with E-state index in [0.717, 1.165) is 44.3 Å². The van der Waals surface area contributed by atoms with Crippen molar-refractivity contribution < 1.29 is 19.7 Å². The minimum Gasteiger partial charge on any atom is -0.396 e. The van der Waals surface area contributed by atoms with Gasteiger partial charge in [0.25, 0.3) is 0 Å². The maximum atomic E-state index is 12.0. The van der Waals surface area contributed by atoms with Crippen LogP contribution in [0.25, 0.3) is 0 Å². The first-order valence-electron chi connectivity index (χ1n) is 12.9. The van der Waals surface area contributed by atoms with Crippen LogP contribution in [-0.2, 0) is 9.53 Å². The van der Waals surface area contributed by atoms with Gasteiger partial charge in [-0.3, -0.25) is 4.79 Å². The molecule has 7 heteroatoms. The van der Waals surface area contributed by atoms with E-state index >= 15 is 0 Å². The largest absolute Gasteiger partial charge is 0.396 e. The van der Waals surface area contributed by atoms with E-state index in [1.807, 2.05) is 0 Å². The highest BCUT2D eigenvalue weighted by molar-refractivity contribution is 8.13. The van der Waals surface area contributed by atoms with Crippen molar-refractivity contribution in [3.05, 3.63) is 0 Å². The van der Waals surface area contributed by atoms with Crippen LogP contribution in [0.3, 0.4) is 0 Å². The molecular formula is C24H49NO4SSi. The number of carbonyl (C=O) groups excluding carboxylic acids is 1. The SMILES string of the molecule is CCCCC(=O)SCCC[SiH]1CCCCCCN1C(CCCCCCO)CCOCO. The monoisotopic (exact) mass is 475 g/mol. The Bertz CT molecular complexity index is 430. The van der Waals surface area contributed by atoms with Crippen LogP contribution in [-0.4, -0.2) is 67.2 Å². The Morgan fingerprint density at radius 3 is 2.61 bits per heavy atom. The van der Waals surface area contributed by atoms with E-state index in [1.165, 1.54) is 70.0 Å². The van der Waals surface area contributed by atoms with Crippen LogP contribution in [0.5, 0.6) is 0 Å². The fraction of sp³-hybridized carbons (Fsp3) is 0.958. The number of unbranched alkanes of at least 4 members (excludes halogenated alkanes) is 4. The molecule has 2 atom stereocenters. The summed E-state index contributed by atoms with van der Waals surface area (Å²) in [4.78, 5) is 12.0. The summed E-state index contributed by atoms with van der Waals surface area (Å²) in [6.45, 7) is 4.11. The maximum Gasteiger partial charge on any atom is 0.188 e. The van der Waals surface area contributed by atoms with Gasteiger partial charge < -0.3 is 19.5 Å². The van der Waals surface area contributed by atoms with Gasteiger partial charge in [0.2, 0.25) is 0 Å². The molecule has 1 heterocycles. The number of nitrogens with zero attached hydrogens (tertiary/aromatic N) is 1. The average molecular weight is 476 g/mol. The first-order valence-corrected chi connectivity index (χ1v) is 16.1. The Kier molecular flexibility index (Phi) is 19.4. The zero-order chi connectivity index (χ0) is 22.6. The van der Waals surface area contributed by atoms with E-state index < -0.39 is 8.96 Å². The summed E-state index contributed by atoms with van der Waals surface area (Å²) in [6, 6.07) is 3.28. The molecule has 0 saturated carbocycles. The molecule has 2 unspecified atom stereocenters. The topological polar surface area (TPSA) is 70.0 Å². The van der Waals surface area contributed by atoms with E-state index in [4.69, 9.17) is 14.9 Å². The van der Waals surface area contributed by atoms with Crippen LogP contribution < -0.4 is 0 Å². The number of aliphatic hydroxyl groups is 2. The molecule has 0 bridgehead atoms. The van der Waals surface area contributed by atoms with Crippen LogP contribution in [0.1, 0.15) is 96.8 Å². The van der Waals surface area contributed by atoms with Crippen molar-refractivity contribution in [1.82, 2.24) is 4.57 Å². The van der Waals surface area contributed by atoms with E-state index in [-0.39, 0.29) is 6.79 Å². The first-order chi connectivity index (χ1) is 15.2. The summed E-state index contributed by atoms with van der Waals surface area (Å²) < 4.78 is 8.22. The predicted molar refractivity (Wildman–Crippen MR) is 135 cm³/mol. The molecule has 2 N–H and O–H groups in total. The predicted octanol–water partition coefficient (Wildman–Crippen LogP) is 5.09. The lowest BCUT2D eigenvalue weighted by Gasteiger charge is -2.39. The molecule has 0 aromatic rings. The molecule has 1 fully saturated rings. The molecule has 31 heavy (non-hydrogen) atoms. The lowest BCUT2D eigenvalue weighted by molar-refractivity contribution is -0.111. The molecule has 0 aliphatic carbocycles. The second-order valence-electron chi connectivity index (χ2n) is 8.97. The molecule has 1 saturated heterocycles. The van der Waals surface area contributed by atoms with Crippen LogP contribution >= 0.6 is 11.8 Å². The number of carbonyl (C=O) groups is 1. The molecule has 184 valence electrons. The molecule has 0 aromatic heterocycles. The van der Waals surface area contributed by atoms with Crippen LogP contribution in [0, 0.1) is 0 Å². The third-order valence-corrected chi connectivity index (χ3v) is 11.2. The Morgan fingerprint density at radius 2 is 1.84 bits per heavy atom. The Hall–Kier alpha value is 0.0769. The van der Waals surface area contributed by atoms with Crippen LogP contribution in [0.4, 0.5) is 0 Å². The van der Waals surface area contributed by atoms with Crippen molar-refractivity contribution in [2.24, 2.45) is 0 Å². The molecule has 1 aliphatic heterocycles. The van der Waals surface area contributed by atoms with Gasteiger partial charge in [-0.25, -0.2) is 0 Å². The van der Waals surface area contributed by atoms with Crippen molar-refractivity contribution in [1.29, 1.82) is 0 Å². The summed E-state index contributed by atoms with van der Waals surface area (Å²) in [5, 5.41) is 18.5.